The van der Waals surface area contributed by atoms with Gasteiger partial charge in [-0.1, -0.05) is 26.8 Å². The third-order valence-electron chi connectivity index (χ3n) is 3.90. The Balaban J connectivity index is 2.07. The normalized spacial score (nSPS) is 20.8. The summed E-state index contributed by atoms with van der Waals surface area (Å²) in [6.45, 7) is 8.04. The van der Waals surface area contributed by atoms with Gasteiger partial charge in [-0.3, -0.25) is 0 Å². The van der Waals surface area contributed by atoms with E-state index in [9.17, 15) is 4.39 Å². The molecule has 0 bridgehead atoms. The van der Waals surface area contributed by atoms with Gasteiger partial charge in [0.25, 0.3) is 0 Å². The van der Waals surface area contributed by atoms with Crippen molar-refractivity contribution in [1.29, 1.82) is 0 Å². The highest BCUT2D eigenvalue weighted by Gasteiger charge is 2.22. The topological polar surface area (TPSA) is 12.5 Å². The minimum absolute atomic E-state index is 0.00988. The number of hydrogen-bond donors (Lipinski definition) is 0. The minimum Gasteiger partial charge on any atom is -0.489 e. The number of hydrogen-bond acceptors (Lipinski definition) is 2. The largest absolute Gasteiger partial charge is 0.489 e. The van der Waals surface area contributed by atoms with Gasteiger partial charge in [-0.05, 0) is 49.5 Å². The van der Waals surface area contributed by atoms with E-state index in [2.05, 4.69) is 32.7 Å². The molecular formula is C16H24FNO. The highest BCUT2D eigenvalue weighted by atomic mass is 19.1. The predicted molar refractivity (Wildman–Crippen MR) is 76.2 cm³/mol. The van der Waals surface area contributed by atoms with E-state index in [0.717, 1.165) is 18.5 Å². The molecule has 0 spiro atoms. The van der Waals surface area contributed by atoms with Crippen LogP contribution in [0.25, 0.3) is 0 Å². The van der Waals surface area contributed by atoms with Crippen LogP contribution in [0, 0.1) is 5.82 Å². The highest BCUT2D eigenvalue weighted by Crippen LogP contribution is 2.28. The van der Waals surface area contributed by atoms with Crippen molar-refractivity contribution >= 4 is 0 Å². The van der Waals surface area contributed by atoms with Crippen LogP contribution in [0.2, 0.25) is 0 Å². The fourth-order valence-corrected chi connectivity index (χ4v) is 2.46. The Kier molecular flexibility index (Phi) is 4.14. The summed E-state index contributed by atoms with van der Waals surface area (Å²) in [5.74, 6) is 0.112. The molecule has 2 rings (SSSR count). The first kappa shape index (κ1) is 14.3. The van der Waals surface area contributed by atoms with E-state index in [-0.39, 0.29) is 11.2 Å². The number of rotatable bonds is 3. The molecule has 0 aromatic heterocycles. The number of benzene rings is 1. The summed E-state index contributed by atoms with van der Waals surface area (Å²) >= 11 is 0. The number of likely N-dealkylation sites (tertiary alicyclic amines) is 1. The summed E-state index contributed by atoms with van der Waals surface area (Å²) in [4.78, 5) is 2.28. The van der Waals surface area contributed by atoms with Gasteiger partial charge in [-0.15, -0.1) is 0 Å². The number of ether oxygens (including phenoxy) is 1. The van der Waals surface area contributed by atoms with Gasteiger partial charge in [0.05, 0.1) is 0 Å². The second-order valence-corrected chi connectivity index (χ2v) is 6.48. The van der Waals surface area contributed by atoms with Crippen LogP contribution in [0.5, 0.6) is 5.75 Å². The van der Waals surface area contributed by atoms with E-state index >= 15 is 0 Å². The maximum atomic E-state index is 13.8. The van der Waals surface area contributed by atoms with E-state index in [1.807, 2.05) is 12.1 Å². The van der Waals surface area contributed by atoms with E-state index in [4.69, 9.17) is 4.74 Å². The molecule has 2 nitrogen and oxygen atoms in total. The molecule has 0 aliphatic carbocycles. The van der Waals surface area contributed by atoms with Crippen LogP contribution in [-0.2, 0) is 5.41 Å². The second-order valence-electron chi connectivity index (χ2n) is 6.48. The van der Waals surface area contributed by atoms with E-state index in [1.54, 1.807) is 0 Å². The lowest BCUT2D eigenvalue weighted by atomic mass is 9.87. The summed E-state index contributed by atoms with van der Waals surface area (Å²) in [6, 6.07) is 5.60. The molecule has 1 aromatic carbocycles. The molecule has 1 aromatic rings. The molecule has 3 heteroatoms. The Morgan fingerprint density at radius 1 is 1.37 bits per heavy atom. The Bertz CT molecular complexity index is 439. The van der Waals surface area contributed by atoms with Gasteiger partial charge in [0.1, 0.15) is 6.61 Å². The average Bonchev–Trinajstić information content (AvgIpc) is 2.72. The number of nitrogens with zero attached hydrogens (tertiary/aromatic N) is 1. The van der Waals surface area contributed by atoms with Gasteiger partial charge in [-0.25, -0.2) is 4.39 Å². The minimum atomic E-state index is -0.270. The SMILES string of the molecule is CN1CCC[C@H]1COc1cc(C(C)(C)C)ccc1F. The highest BCUT2D eigenvalue weighted by molar-refractivity contribution is 5.34. The quantitative estimate of drug-likeness (QED) is 0.828. The summed E-state index contributed by atoms with van der Waals surface area (Å²) in [6.07, 6.45) is 2.34. The third kappa shape index (κ3) is 3.47. The zero-order valence-electron chi connectivity index (χ0n) is 12.4. The molecule has 106 valence electrons. The summed E-state index contributed by atoms with van der Waals surface area (Å²) in [7, 11) is 2.10. The predicted octanol–water partition coefficient (Wildman–Crippen LogP) is 3.60. The molecule has 0 N–H and O–H groups in total. The van der Waals surface area contributed by atoms with Crippen LogP contribution in [0.15, 0.2) is 18.2 Å². The van der Waals surface area contributed by atoms with Crippen molar-refractivity contribution in [2.75, 3.05) is 20.2 Å². The van der Waals surface area contributed by atoms with Gasteiger partial charge in [-0.2, -0.15) is 0 Å². The van der Waals surface area contributed by atoms with Gasteiger partial charge in [0.15, 0.2) is 11.6 Å². The molecule has 1 saturated heterocycles. The van der Waals surface area contributed by atoms with Crippen LogP contribution in [0.3, 0.4) is 0 Å². The average molecular weight is 265 g/mol. The van der Waals surface area contributed by atoms with Crippen molar-refractivity contribution in [2.24, 2.45) is 0 Å². The Morgan fingerprint density at radius 2 is 2.11 bits per heavy atom. The molecular weight excluding hydrogens is 241 g/mol. The van der Waals surface area contributed by atoms with E-state index in [0.29, 0.717) is 18.4 Å². The van der Waals surface area contributed by atoms with Crippen molar-refractivity contribution in [1.82, 2.24) is 4.90 Å². The van der Waals surface area contributed by atoms with Crippen molar-refractivity contribution in [3.63, 3.8) is 0 Å². The fraction of sp³-hybridized carbons (Fsp3) is 0.625. The van der Waals surface area contributed by atoms with Crippen LogP contribution in [0.4, 0.5) is 4.39 Å². The lowest BCUT2D eigenvalue weighted by molar-refractivity contribution is 0.192. The Hall–Kier alpha value is -1.09. The van der Waals surface area contributed by atoms with Crippen LogP contribution in [-0.4, -0.2) is 31.1 Å². The molecule has 19 heavy (non-hydrogen) atoms. The molecule has 1 fully saturated rings. The first-order valence-electron chi connectivity index (χ1n) is 7.01. The molecule has 0 amide bonds. The first-order valence-corrected chi connectivity index (χ1v) is 7.01. The molecule has 0 radical (unpaired) electrons. The first-order chi connectivity index (χ1) is 8.88. The van der Waals surface area contributed by atoms with Crippen LogP contribution in [0.1, 0.15) is 39.2 Å². The van der Waals surface area contributed by atoms with Gasteiger partial charge in [0, 0.05) is 6.04 Å². The zero-order valence-corrected chi connectivity index (χ0v) is 12.4. The maximum absolute atomic E-state index is 13.8. The van der Waals surface area contributed by atoms with E-state index in [1.165, 1.54) is 12.5 Å². The zero-order chi connectivity index (χ0) is 14.0. The fourth-order valence-electron chi connectivity index (χ4n) is 2.46. The number of likely N-dealkylation sites (N-methyl/N-ethyl adjacent to an activating group) is 1. The monoisotopic (exact) mass is 265 g/mol. The third-order valence-corrected chi connectivity index (χ3v) is 3.90. The smallest absolute Gasteiger partial charge is 0.165 e. The Labute approximate surface area is 115 Å². The Morgan fingerprint density at radius 3 is 2.68 bits per heavy atom. The molecule has 1 atom stereocenters. The van der Waals surface area contributed by atoms with Gasteiger partial charge >= 0.3 is 0 Å². The summed E-state index contributed by atoms with van der Waals surface area (Å²) < 4.78 is 19.5. The summed E-state index contributed by atoms with van der Waals surface area (Å²) in [5, 5.41) is 0. The molecule has 1 aliphatic rings. The van der Waals surface area contributed by atoms with Crippen molar-refractivity contribution in [3.8, 4) is 5.75 Å². The maximum Gasteiger partial charge on any atom is 0.165 e. The lowest BCUT2D eigenvalue weighted by Crippen LogP contribution is -2.30. The standard InChI is InChI=1S/C16H24FNO/c1-16(2,3)12-7-8-14(17)15(10-12)19-11-13-6-5-9-18(13)4/h7-8,10,13H,5-6,9,11H2,1-4H3/t13-/m0/s1. The van der Waals surface area contributed by atoms with Gasteiger partial charge in [0.2, 0.25) is 0 Å². The molecule has 1 heterocycles. The van der Waals surface area contributed by atoms with Crippen LogP contribution < -0.4 is 4.74 Å². The summed E-state index contributed by atoms with van der Waals surface area (Å²) in [5.41, 5.74) is 1.11. The molecule has 0 unspecified atom stereocenters. The molecule has 1 aliphatic heterocycles. The van der Waals surface area contributed by atoms with Crippen molar-refractivity contribution in [2.45, 2.75) is 45.1 Å². The van der Waals surface area contributed by atoms with Crippen LogP contribution >= 0.6 is 0 Å². The number of halogens is 1. The second kappa shape index (κ2) is 5.49. The van der Waals surface area contributed by atoms with Crippen molar-refractivity contribution < 1.29 is 9.13 Å². The molecule has 0 saturated carbocycles. The van der Waals surface area contributed by atoms with Crippen molar-refractivity contribution in [3.05, 3.63) is 29.6 Å². The van der Waals surface area contributed by atoms with Gasteiger partial charge < -0.3 is 9.64 Å². The van der Waals surface area contributed by atoms with E-state index < -0.39 is 0 Å². The lowest BCUT2D eigenvalue weighted by Gasteiger charge is -2.22.